The average Bonchev–Trinajstić information content (AvgIpc) is 3.13. The first-order chi connectivity index (χ1) is 12.5. The van der Waals surface area contributed by atoms with Gasteiger partial charge in [-0.1, -0.05) is 12.1 Å². The van der Waals surface area contributed by atoms with Crippen LogP contribution in [-0.2, 0) is 22.6 Å². The molecule has 2 aromatic rings. The molecule has 0 spiro atoms. The quantitative estimate of drug-likeness (QED) is 0.812. The highest BCUT2D eigenvalue weighted by atomic mass is 16.5. The predicted molar refractivity (Wildman–Crippen MR) is 95.1 cm³/mol. The number of primary amides is 1. The van der Waals surface area contributed by atoms with Crippen LogP contribution in [0.15, 0.2) is 47.1 Å². The summed E-state index contributed by atoms with van der Waals surface area (Å²) in [6.45, 7) is 3.88. The molecule has 0 aliphatic carbocycles. The van der Waals surface area contributed by atoms with Crippen LogP contribution in [0.1, 0.15) is 28.6 Å². The van der Waals surface area contributed by atoms with Gasteiger partial charge in [-0.2, -0.15) is 0 Å². The van der Waals surface area contributed by atoms with Crippen molar-refractivity contribution in [2.75, 3.05) is 13.2 Å². The molecule has 1 fully saturated rings. The van der Waals surface area contributed by atoms with Crippen molar-refractivity contribution in [3.8, 4) is 0 Å². The van der Waals surface area contributed by atoms with Crippen LogP contribution in [0.5, 0.6) is 0 Å². The van der Waals surface area contributed by atoms with Crippen molar-refractivity contribution in [1.29, 1.82) is 0 Å². The standard InChI is InChI=1S/C19H23N3O4/c1-13-17(18(20)23)22(7-9-25-13)12-14-4-2-5-15(10-14)19(24)21-11-16-6-3-8-26-16/h2-6,8,10,13,17H,7,9,11-12H2,1H3,(H2,20,23)(H,21,24)/t13-,17+/m1/s1. The van der Waals surface area contributed by atoms with E-state index in [4.69, 9.17) is 14.9 Å². The number of rotatable bonds is 6. The van der Waals surface area contributed by atoms with E-state index < -0.39 is 11.9 Å². The summed E-state index contributed by atoms with van der Waals surface area (Å²) in [5.74, 6) is 0.121. The number of nitrogens with one attached hydrogen (secondary N) is 1. The molecule has 1 aromatic heterocycles. The van der Waals surface area contributed by atoms with Crippen LogP contribution >= 0.6 is 0 Å². The van der Waals surface area contributed by atoms with Gasteiger partial charge in [-0.05, 0) is 36.8 Å². The average molecular weight is 357 g/mol. The van der Waals surface area contributed by atoms with E-state index in [1.165, 1.54) is 0 Å². The maximum atomic E-state index is 12.3. The highest BCUT2D eigenvalue weighted by Gasteiger charge is 2.33. The lowest BCUT2D eigenvalue weighted by Gasteiger charge is -2.37. The number of furan rings is 1. The first-order valence-electron chi connectivity index (χ1n) is 8.59. The lowest BCUT2D eigenvalue weighted by atomic mass is 10.0. The Morgan fingerprint density at radius 2 is 2.15 bits per heavy atom. The number of hydrogen-bond donors (Lipinski definition) is 2. The van der Waals surface area contributed by atoms with Crippen molar-refractivity contribution in [2.45, 2.75) is 32.2 Å². The second-order valence-corrected chi connectivity index (χ2v) is 6.36. The van der Waals surface area contributed by atoms with Crippen molar-refractivity contribution in [2.24, 2.45) is 5.73 Å². The largest absolute Gasteiger partial charge is 0.467 e. The van der Waals surface area contributed by atoms with Gasteiger partial charge in [-0.25, -0.2) is 0 Å². The Morgan fingerprint density at radius 3 is 2.88 bits per heavy atom. The summed E-state index contributed by atoms with van der Waals surface area (Å²) >= 11 is 0. The fourth-order valence-corrected chi connectivity index (χ4v) is 3.20. The van der Waals surface area contributed by atoms with E-state index in [-0.39, 0.29) is 12.0 Å². The molecule has 138 valence electrons. The molecule has 1 aliphatic rings. The van der Waals surface area contributed by atoms with Crippen LogP contribution in [0.2, 0.25) is 0 Å². The van der Waals surface area contributed by atoms with Gasteiger partial charge in [0, 0.05) is 18.7 Å². The smallest absolute Gasteiger partial charge is 0.251 e. The minimum Gasteiger partial charge on any atom is -0.467 e. The molecule has 7 heteroatoms. The molecule has 0 bridgehead atoms. The SMILES string of the molecule is C[C@H]1OCCN(Cc2cccc(C(=O)NCc3ccco3)c2)[C@@H]1C(N)=O. The van der Waals surface area contributed by atoms with Crippen LogP contribution in [-0.4, -0.2) is 42.0 Å². The van der Waals surface area contributed by atoms with E-state index >= 15 is 0 Å². The maximum Gasteiger partial charge on any atom is 0.251 e. The van der Waals surface area contributed by atoms with Gasteiger partial charge in [0.05, 0.1) is 25.5 Å². The van der Waals surface area contributed by atoms with Gasteiger partial charge in [0.2, 0.25) is 5.91 Å². The molecule has 3 rings (SSSR count). The maximum absolute atomic E-state index is 12.3. The molecule has 1 aliphatic heterocycles. The lowest BCUT2D eigenvalue weighted by Crippen LogP contribution is -2.56. The number of hydrogen-bond acceptors (Lipinski definition) is 5. The Kier molecular flexibility index (Phi) is 5.70. The second-order valence-electron chi connectivity index (χ2n) is 6.36. The Hall–Kier alpha value is -2.64. The number of nitrogens with two attached hydrogens (primary N) is 1. The van der Waals surface area contributed by atoms with Crippen molar-refractivity contribution in [1.82, 2.24) is 10.2 Å². The Balaban J connectivity index is 1.66. The molecule has 0 unspecified atom stereocenters. The summed E-state index contributed by atoms with van der Waals surface area (Å²) in [4.78, 5) is 26.1. The minimum atomic E-state index is -0.472. The molecule has 26 heavy (non-hydrogen) atoms. The van der Waals surface area contributed by atoms with Crippen LogP contribution in [0.25, 0.3) is 0 Å². The molecule has 0 radical (unpaired) electrons. The van der Waals surface area contributed by atoms with Crippen LogP contribution in [0.4, 0.5) is 0 Å². The van der Waals surface area contributed by atoms with Crippen LogP contribution in [0.3, 0.4) is 0 Å². The Labute approximate surface area is 152 Å². The van der Waals surface area contributed by atoms with E-state index in [2.05, 4.69) is 5.32 Å². The molecular weight excluding hydrogens is 334 g/mol. The minimum absolute atomic E-state index is 0.176. The molecule has 2 heterocycles. The fraction of sp³-hybridized carbons (Fsp3) is 0.368. The van der Waals surface area contributed by atoms with Gasteiger partial charge in [0.1, 0.15) is 11.8 Å². The first kappa shape index (κ1) is 18.2. The molecular formula is C19H23N3O4. The highest BCUT2D eigenvalue weighted by Crippen LogP contribution is 2.18. The number of morpholine rings is 1. The van der Waals surface area contributed by atoms with E-state index in [0.29, 0.717) is 37.6 Å². The second kappa shape index (κ2) is 8.16. The van der Waals surface area contributed by atoms with Crippen molar-refractivity contribution in [3.63, 3.8) is 0 Å². The third kappa shape index (κ3) is 4.30. The number of nitrogens with zero attached hydrogens (tertiary/aromatic N) is 1. The summed E-state index contributed by atoms with van der Waals surface area (Å²) in [5, 5.41) is 2.83. The Morgan fingerprint density at radius 1 is 1.31 bits per heavy atom. The third-order valence-corrected chi connectivity index (χ3v) is 4.47. The molecule has 7 nitrogen and oxygen atoms in total. The van der Waals surface area contributed by atoms with Gasteiger partial charge in [-0.3, -0.25) is 14.5 Å². The molecule has 0 saturated carbocycles. The number of benzene rings is 1. The van der Waals surface area contributed by atoms with E-state index in [1.807, 2.05) is 30.0 Å². The number of ether oxygens (including phenoxy) is 1. The van der Waals surface area contributed by atoms with Gasteiger partial charge in [-0.15, -0.1) is 0 Å². The molecule has 2 amide bonds. The van der Waals surface area contributed by atoms with Crippen LogP contribution < -0.4 is 11.1 Å². The van der Waals surface area contributed by atoms with Gasteiger partial charge in [0.15, 0.2) is 0 Å². The summed E-state index contributed by atoms with van der Waals surface area (Å²) in [5.41, 5.74) is 7.03. The summed E-state index contributed by atoms with van der Waals surface area (Å²) in [6.07, 6.45) is 1.32. The zero-order valence-electron chi connectivity index (χ0n) is 14.7. The van der Waals surface area contributed by atoms with E-state index in [0.717, 1.165) is 5.56 Å². The topological polar surface area (TPSA) is 97.8 Å². The molecule has 1 saturated heterocycles. The molecule has 1 aromatic carbocycles. The third-order valence-electron chi connectivity index (χ3n) is 4.47. The monoisotopic (exact) mass is 357 g/mol. The van der Waals surface area contributed by atoms with Crippen molar-refractivity contribution in [3.05, 3.63) is 59.5 Å². The van der Waals surface area contributed by atoms with Crippen molar-refractivity contribution < 1.29 is 18.7 Å². The summed E-state index contributed by atoms with van der Waals surface area (Å²) in [7, 11) is 0. The highest BCUT2D eigenvalue weighted by molar-refractivity contribution is 5.94. The predicted octanol–water partition coefficient (Wildman–Crippen LogP) is 1.28. The summed E-state index contributed by atoms with van der Waals surface area (Å²) in [6, 6.07) is 10.5. The van der Waals surface area contributed by atoms with E-state index in [1.54, 1.807) is 24.5 Å². The first-order valence-corrected chi connectivity index (χ1v) is 8.59. The Bertz CT molecular complexity index is 760. The zero-order valence-corrected chi connectivity index (χ0v) is 14.7. The number of carbonyl (C=O) groups is 2. The number of carbonyl (C=O) groups excluding carboxylic acids is 2. The van der Waals surface area contributed by atoms with Gasteiger partial charge in [0.25, 0.3) is 5.91 Å². The number of amides is 2. The summed E-state index contributed by atoms with van der Waals surface area (Å²) < 4.78 is 10.7. The van der Waals surface area contributed by atoms with Crippen LogP contribution in [0, 0.1) is 0 Å². The lowest BCUT2D eigenvalue weighted by molar-refractivity contribution is -0.136. The van der Waals surface area contributed by atoms with E-state index in [9.17, 15) is 9.59 Å². The van der Waals surface area contributed by atoms with Crippen molar-refractivity contribution >= 4 is 11.8 Å². The normalized spacial score (nSPS) is 20.7. The van der Waals surface area contributed by atoms with Gasteiger partial charge >= 0.3 is 0 Å². The van der Waals surface area contributed by atoms with Gasteiger partial charge < -0.3 is 20.2 Å². The fourth-order valence-electron chi connectivity index (χ4n) is 3.20. The molecule has 2 atom stereocenters. The molecule has 3 N–H and O–H groups in total. The zero-order chi connectivity index (χ0) is 18.5.